The van der Waals surface area contributed by atoms with E-state index >= 15 is 0 Å². The second-order valence-corrected chi connectivity index (χ2v) is 5.53. The van der Waals surface area contributed by atoms with Crippen LogP contribution < -0.4 is 10.6 Å². The van der Waals surface area contributed by atoms with Gasteiger partial charge in [-0.15, -0.1) is 10.2 Å². The number of aromatic nitrogens is 4. The Labute approximate surface area is 153 Å². The topological polar surface area (TPSA) is 119 Å². The van der Waals surface area contributed by atoms with Gasteiger partial charge in [-0.25, -0.2) is 0 Å². The van der Waals surface area contributed by atoms with Crippen LogP contribution >= 0.6 is 11.6 Å². The van der Waals surface area contributed by atoms with Gasteiger partial charge in [0.15, 0.2) is 0 Å². The number of hydrogen-bond donors (Lipinski definition) is 3. The van der Waals surface area contributed by atoms with Crippen molar-refractivity contribution in [1.29, 1.82) is 5.26 Å². The highest BCUT2D eigenvalue weighted by Crippen LogP contribution is 2.17. The minimum atomic E-state index is -0.253. The molecule has 26 heavy (non-hydrogen) atoms. The molecule has 128 valence electrons. The van der Waals surface area contributed by atoms with Crippen LogP contribution in [0.5, 0.6) is 0 Å². The van der Waals surface area contributed by atoms with E-state index in [0.717, 1.165) is 5.69 Å². The SMILES string of the molecule is N#CC(=CNc1ccc(NC(=O)c2cccc(Cl)c2)cc1)c1nn[nH]n1. The van der Waals surface area contributed by atoms with Crippen molar-refractivity contribution in [3.63, 3.8) is 0 Å². The lowest BCUT2D eigenvalue weighted by Crippen LogP contribution is -2.11. The van der Waals surface area contributed by atoms with E-state index in [-0.39, 0.29) is 17.3 Å². The third-order valence-corrected chi connectivity index (χ3v) is 3.55. The van der Waals surface area contributed by atoms with Crippen molar-refractivity contribution >= 4 is 34.5 Å². The van der Waals surface area contributed by atoms with E-state index in [2.05, 4.69) is 31.3 Å². The lowest BCUT2D eigenvalue weighted by Gasteiger charge is -2.07. The lowest BCUT2D eigenvalue weighted by molar-refractivity contribution is 0.102. The number of rotatable bonds is 5. The van der Waals surface area contributed by atoms with Gasteiger partial charge in [0.25, 0.3) is 5.91 Å². The van der Waals surface area contributed by atoms with E-state index in [1.54, 1.807) is 48.5 Å². The van der Waals surface area contributed by atoms with Gasteiger partial charge in [0.05, 0.1) is 0 Å². The Bertz CT molecular complexity index is 975. The van der Waals surface area contributed by atoms with Gasteiger partial charge in [-0.3, -0.25) is 4.79 Å². The summed E-state index contributed by atoms with van der Waals surface area (Å²) in [5.74, 6) is -0.0533. The van der Waals surface area contributed by atoms with E-state index in [0.29, 0.717) is 16.3 Å². The van der Waals surface area contributed by atoms with Crippen molar-refractivity contribution in [1.82, 2.24) is 20.6 Å². The third-order valence-electron chi connectivity index (χ3n) is 3.32. The fourth-order valence-electron chi connectivity index (χ4n) is 2.06. The van der Waals surface area contributed by atoms with Crippen molar-refractivity contribution in [2.24, 2.45) is 0 Å². The Morgan fingerprint density at radius 1 is 1.19 bits per heavy atom. The molecule has 8 nitrogen and oxygen atoms in total. The summed E-state index contributed by atoms with van der Waals surface area (Å²) >= 11 is 5.89. The zero-order valence-corrected chi connectivity index (χ0v) is 14.0. The van der Waals surface area contributed by atoms with Crippen LogP contribution in [0.1, 0.15) is 16.2 Å². The molecule has 0 saturated heterocycles. The Kier molecular flexibility index (Phi) is 5.22. The first kappa shape index (κ1) is 17.1. The normalized spacial score (nSPS) is 10.8. The average molecular weight is 366 g/mol. The zero-order valence-electron chi connectivity index (χ0n) is 13.3. The Morgan fingerprint density at radius 3 is 2.62 bits per heavy atom. The summed E-state index contributed by atoms with van der Waals surface area (Å²) in [6.07, 6.45) is 1.48. The van der Waals surface area contributed by atoms with Crippen LogP contribution in [0.4, 0.5) is 11.4 Å². The van der Waals surface area contributed by atoms with Gasteiger partial charge in [0.1, 0.15) is 11.6 Å². The molecule has 0 radical (unpaired) electrons. The van der Waals surface area contributed by atoms with E-state index in [1.165, 1.54) is 6.20 Å². The number of amides is 1. The number of carbonyl (C=O) groups excluding carboxylic acids is 1. The molecule has 3 rings (SSSR count). The number of nitriles is 1. The molecule has 0 spiro atoms. The summed E-state index contributed by atoms with van der Waals surface area (Å²) < 4.78 is 0. The molecule has 0 saturated carbocycles. The predicted molar refractivity (Wildman–Crippen MR) is 97.2 cm³/mol. The van der Waals surface area contributed by atoms with Crippen molar-refractivity contribution in [2.75, 3.05) is 10.6 Å². The number of nitrogens with zero attached hydrogens (tertiary/aromatic N) is 4. The van der Waals surface area contributed by atoms with Crippen LogP contribution in [-0.4, -0.2) is 26.5 Å². The quantitative estimate of drug-likeness (QED) is 0.598. The van der Waals surface area contributed by atoms with Gasteiger partial charge in [-0.2, -0.15) is 10.5 Å². The molecule has 2 aromatic carbocycles. The van der Waals surface area contributed by atoms with Crippen molar-refractivity contribution in [3.05, 3.63) is 71.1 Å². The van der Waals surface area contributed by atoms with Crippen LogP contribution in [-0.2, 0) is 0 Å². The fraction of sp³-hybridized carbons (Fsp3) is 0. The molecule has 1 amide bonds. The summed E-state index contributed by atoms with van der Waals surface area (Å²) in [5.41, 5.74) is 2.06. The molecule has 0 aliphatic carbocycles. The Morgan fingerprint density at radius 2 is 1.96 bits per heavy atom. The van der Waals surface area contributed by atoms with Crippen LogP contribution in [0.2, 0.25) is 5.02 Å². The molecule has 3 N–H and O–H groups in total. The highest BCUT2D eigenvalue weighted by atomic mass is 35.5. The van der Waals surface area contributed by atoms with E-state index in [9.17, 15) is 4.79 Å². The van der Waals surface area contributed by atoms with Crippen LogP contribution in [0.15, 0.2) is 54.7 Å². The van der Waals surface area contributed by atoms with E-state index < -0.39 is 0 Å². The minimum Gasteiger partial charge on any atom is -0.360 e. The Balaban J connectivity index is 1.65. The number of allylic oxidation sites excluding steroid dienone is 1. The number of H-pyrrole nitrogens is 1. The second kappa shape index (κ2) is 7.92. The number of anilines is 2. The molecule has 0 bridgehead atoms. The molecule has 3 aromatic rings. The summed E-state index contributed by atoms with van der Waals surface area (Å²) in [6, 6.07) is 15.7. The standard InChI is InChI=1S/C17H12ClN7O/c18-13-3-1-2-11(8-13)17(26)21-15-6-4-14(5-7-15)20-10-12(9-19)16-22-24-25-23-16/h1-8,10,20H,(H,21,26)(H,22,23,24,25). The summed E-state index contributed by atoms with van der Waals surface area (Å²) in [6.45, 7) is 0. The average Bonchev–Trinajstić information content (AvgIpc) is 3.18. The predicted octanol–water partition coefficient (Wildman–Crippen LogP) is 3.08. The number of halogens is 1. The number of hydrogen-bond acceptors (Lipinski definition) is 6. The third kappa shape index (κ3) is 4.23. The first-order valence-electron chi connectivity index (χ1n) is 7.43. The number of tetrazole rings is 1. The number of nitrogens with one attached hydrogen (secondary N) is 3. The number of aromatic amines is 1. The van der Waals surface area contributed by atoms with Crippen molar-refractivity contribution in [3.8, 4) is 6.07 Å². The zero-order chi connectivity index (χ0) is 18.4. The molecule has 0 aliphatic rings. The molecular weight excluding hydrogens is 354 g/mol. The van der Waals surface area contributed by atoms with Crippen LogP contribution in [0.25, 0.3) is 5.57 Å². The summed E-state index contributed by atoms with van der Waals surface area (Å²) in [5, 5.41) is 28.6. The Hall–Kier alpha value is -3.70. The molecule has 1 heterocycles. The van der Waals surface area contributed by atoms with Crippen LogP contribution in [0.3, 0.4) is 0 Å². The van der Waals surface area contributed by atoms with E-state index in [4.69, 9.17) is 16.9 Å². The molecular formula is C17H12ClN7O. The van der Waals surface area contributed by atoms with Gasteiger partial charge >= 0.3 is 0 Å². The monoisotopic (exact) mass is 365 g/mol. The largest absolute Gasteiger partial charge is 0.360 e. The van der Waals surface area contributed by atoms with Crippen LogP contribution in [0, 0.1) is 11.3 Å². The highest BCUT2D eigenvalue weighted by Gasteiger charge is 2.07. The maximum absolute atomic E-state index is 12.2. The first-order chi connectivity index (χ1) is 12.7. The first-order valence-corrected chi connectivity index (χ1v) is 7.81. The summed E-state index contributed by atoms with van der Waals surface area (Å²) in [4.78, 5) is 12.2. The minimum absolute atomic E-state index is 0.199. The molecule has 0 atom stereocenters. The second-order valence-electron chi connectivity index (χ2n) is 5.09. The van der Waals surface area contributed by atoms with Gasteiger partial charge in [0, 0.05) is 28.2 Å². The van der Waals surface area contributed by atoms with E-state index in [1.807, 2.05) is 6.07 Å². The highest BCUT2D eigenvalue weighted by molar-refractivity contribution is 6.31. The van der Waals surface area contributed by atoms with Crippen molar-refractivity contribution in [2.45, 2.75) is 0 Å². The van der Waals surface area contributed by atoms with Gasteiger partial charge in [-0.1, -0.05) is 17.7 Å². The fourth-order valence-corrected chi connectivity index (χ4v) is 2.25. The molecule has 0 unspecified atom stereocenters. The lowest BCUT2D eigenvalue weighted by atomic mass is 10.2. The maximum atomic E-state index is 12.2. The number of carbonyl (C=O) groups is 1. The van der Waals surface area contributed by atoms with Gasteiger partial charge in [-0.05, 0) is 47.7 Å². The smallest absolute Gasteiger partial charge is 0.255 e. The molecule has 9 heteroatoms. The number of benzene rings is 2. The summed E-state index contributed by atoms with van der Waals surface area (Å²) in [7, 11) is 0. The van der Waals surface area contributed by atoms with Crippen molar-refractivity contribution < 1.29 is 4.79 Å². The molecule has 1 aromatic heterocycles. The maximum Gasteiger partial charge on any atom is 0.255 e. The molecule has 0 fully saturated rings. The van der Waals surface area contributed by atoms with Gasteiger partial charge in [0.2, 0.25) is 5.82 Å². The molecule has 0 aliphatic heterocycles. The van der Waals surface area contributed by atoms with Gasteiger partial charge < -0.3 is 10.6 Å².